The fraction of sp³-hybridized carbons (Fsp3) is 0.0909. The number of benzene rings is 3. The quantitative estimate of drug-likeness (QED) is 0.486. The zero-order valence-corrected chi connectivity index (χ0v) is 16.6. The van der Waals surface area contributed by atoms with Gasteiger partial charge in [0.15, 0.2) is 0 Å². The molecule has 0 aliphatic carbocycles. The molecule has 1 heterocycles. The van der Waals surface area contributed by atoms with Crippen LogP contribution in [0, 0.1) is 0 Å². The highest BCUT2D eigenvalue weighted by Crippen LogP contribution is 2.38. The number of hydrogen-bond donors (Lipinski definition) is 0. The second kappa shape index (κ2) is 7.70. The van der Waals surface area contributed by atoms with E-state index in [1.54, 1.807) is 30.3 Å². The molecule has 1 aliphatic heterocycles. The summed E-state index contributed by atoms with van der Waals surface area (Å²) in [7, 11) is 0. The number of carbonyl (C=O) groups excluding carboxylic acids is 2. The molecule has 0 unspecified atom stereocenters. The molecule has 6 heteroatoms. The zero-order chi connectivity index (χ0) is 19.7. The lowest BCUT2D eigenvalue weighted by molar-refractivity contribution is -0.113. The molecule has 140 valence electrons. The van der Waals surface area contributed by atoms with E-state index < -0.39 is 0 Å². The number of imide groups is 1. The van der Waals surface area contributed by atoms with Crippen LogP contribution in [0.3, 0.4) is 0 Å². The lowest BCUT2D eigenvalue weighted by atomic mass is 10.0. The minimum absolute atomic E-state index is 0.339. The molecule has 4 rings (SSSR count). The smallest absolute Gasteiger partial charge is 0.298 e. The second-order valence-electron chi connectivity index (χ2n) is 6.13. The highest BCUT2D eigenvalue weighted by atomic mass is 35.5. The third-order valence-electron chi connectivity index (χ3n) is 4.36. The number of nitrogens with zero attached hydrogens (tertiary/aromatic N) is 1. The largest absolute Gasteiger partial charge is 0.493 e. The van der Waals surface area contributed by atoms with Crippen molar-refractivity contribution in [1.82, 2.24) is 0 Å². The first-order valence-corrected chi connectivity index (χ1v) is 9.96. The van der Waals surface area contributed by atoms with Gasteiger partial charge in [0, 0.05) is 10.4 Å². The van der Waals surface area contributed by atoms with E-state index in [1.165, 1.54) is 0 Å². The van der Waals surface area contributed by atoms with Crippen LogP contribution in [-0.4, -0.2) is 17.8 Å². The summed E-state index contributed by atoms with van der Waals surface area (Å²) in [6.45, 7) is 2.51. The Kier molecular flexibility index (Phi) is 5.11. The van der Waals surface area contributed by atoms with Crippen LogP contribution in [0.4, 0.5) is 10.5 Å². The molecular formula is C22H16ClNO3S. The van der Waals surface area contributed by atoms with Gasteiger partial charge in [-0.25, -0.2) is 4.90 Å². The summed E-state index contributed by atoms with van der Waals surface area (Å²) < 4.78 is 5.70. The van der Waals surface area contributed by atoms with Gasteiger partial charge in [0.05, 0.1) is 17.2 Å². The van der Waals surface area contributed by atoms with Crippen molar-refractivity contribution in [3.05, 3.63) is 76.2 Å². The van der Waals surface area contributed by atoms with Crippen LogP contribution in [0.15, 0.2) is 65.6 Å². The molecule has 3 aromatic carbocycles. The van der Waals surface area contributed by atoms with Crippen LogP contribution in [0.2, 0.25) is 5.02 Å². The van der Waals surface area contributed by atoms with E-state index in [4.69, 9.17) is 16.3 Å². The molecule has 0 atom stereocenters. The lowest BCUT2D eigenvalue weighted by Crippen LogP contribution is -2.27. The first-order chi connectivity index (χ1) is 13.6. The van der Waals surface area contributed by atoms with E-state index in [2.05, 4.69) is 0 Å². The van der Waals surface area contributed by atoms with E-state index in [9.17, 15) is 9.59 Å². The first kappa shape index (κ1) is 18.6. The Labute approximate surface area is 171 Å². The monoisotopic (exact) mass is 409 g/mol. The molecule has 1 aliphatic rings. The van der Waals surface area contributed by atoms with Crippen LogP contribution in [0.5, 0.6) is 5.75 Å². The van der Waals surface area contributed by atoms with Crippen molar-refractivity contribution >= 4 is 57.0 Å². The van der Waals surface area contributed by atoms with E-state index in [1.807, 2.05) is 43.3 Å². The Balaban J connectivity index is 1.75. The minimum Gasteiger partial charge on any atom is -0.493 e. The molecule has 1 saturated heterocycles. The molecule has 4 nitrogen and oxygen atoms in total. The maximum atomic E-state index is 12.9. The van der Waals surface area contributed by atoms with Gasteiger partial charge >= 0.3 is 0 Å². The Morgan fingerprint density at radius 3 is 2.57 bits per heavy atom. The molecule has 0 aromatic heterocycles. The van der Waals surface area contributed by atoms with Gasteiger partial charge in [-0.3, -0.25) is 9.59 Å². The Bertz CT molecular complexity index is 1130. The van der Waals surface area contributed by atoms with E-state index in [-0.39, 0.29) is 11.1 Å². The van der Waals surface area contributed by atoms with Gasteiger partial charge in [-0.1, -0.05) is 48.0 Å². The maximum Gasteiger partial charge on any atom is 0.298 e. The fourth-order valence-electron chi connectivity index (χ4n) is 3.15. The van der Waals surface area contributed by atoms with Crippen molar-refractivity contribution in [2.45, 2.75) is 6.92 Å². The third-order valence-corrected chi connectivity index (χ3v) is 5.47. The standard InChI is InChI=1S/C22H16ClNO3S/c1-2-27-19-11-10-14(17-8-3-4-9-18(17)19)12-20-21(25)24(22(26)28-20)16-7-5-6-15(23)13-16/h3-13H,2H2,1H3/b20-12+. The molecule has 0 saturated carbocycles. The molecule has 0 N–H and O–H groups in total. The third kappa shape index (κ3) is 3.39. The molecule has 2 amide bonds. The highest BCUT2D eigenvalue weighted by Gasteiger charge is 2.36. The number of hydrogen-bond acceptors (Lipinski definition) is 4. The van der Waals surface area contributed by atoms with Gasteiger partial charge in [0.2, 0.25) is 0 Å². The number of fused-ring (bicyclic) bond motifs is 1. The number of halogens is 1. The average molecular weight is 410 g/mol. The molecular weight excluding hydrogens is 394 g/mol. The number of ether oxygens (including phenoxy) is 1. The van der Waals surface area contributed by atoms with Crippen LogP contribution in [0.1, 0.15) is 12.5 Å². The second-order valence-corrected chi connectivity index (χ2v) is 7.56. The predicted octanol–water partition coefficient (Wildman–Crippen LogP) is 6.13. The molecule has 1 fully saturated rings. The number of thioether (sulfide) groups is 1. The van der Waals surface area contributed by atoms with Gasteiger partial charge in [0.25, 0.3) is 11.1 Å². The summed E-state index contributed by atoms with van der Waals surface area (Å²) >= 11 is 6.93. The van der Waals surface area contributed by atoms with Crippen molar-refractivity contribution in [3.63, 3.8) is 0 Å². The SMILES string of the molecule is CCOc1ccc(/C=C2/SC(=O)N(c3cccc(Cl)c3)C2=O)c2ccccc12. The van der Waals surface area contributed by atoms with E-state index in [0.29, 0.717) is 22.2 Å². The van der Waals surface area contributed by atoms with Crippen molar-refractivity contribution in [2.75, 3.05) is 11.5 Å². The van der Waals surface area contributed by atoms with Gasteiger partial charge in [-0.2, -0.15) is 0 Å². The van der Waals surface area contributed by atoms with Gasteiger partial charge in [-0.05, 0) is 60.0 Å². The summed E-state index contributed by atoms with van der Waals surface area (Å²) in [6.07, 6.45) is 1.76. The fourth-order valence-corrected chi connectivity index (χ4v) is 4.17. The lowest BCUT2D eigenvalue weighted by Gasteiger charge is -2.12. The average Bonchev–Trinajstić information content (AvgIpc) is 2.97. The Morgan fingerprint density at radius 2 is 1.82 bits per heavy atom. The van der Waals surface area contributed by atoms with Crippen LogP contribution in [0.25, 0.3) is 16.8 Å². The van der Waals surface area contributed by atoms with Crippen molar-refractivity contribution < 1.29 is 14.3 Å². The summed E-state index contributed by atoms with van der Waals surface area (Å²) in [5, 5.41) is 2.06. The molecule has 3 aromatic rings. The summed E-state index contributed by atoms with van der Waals surface area (Å²) in [5.74, 6) is 0.442. The summed E-state index contributed by atoms with van der Waals surface area (Å²) in [6, 6.07) is 18.3. The van der Waals surface area contributed by atoms with Crippen molar-refractivity contribution in [2.24, 2.45) is 0 Å². The van der Waals surface area contributed by atoms with E-state index in [0.717, 1.165) is 38.7 Å². The number of anilines is 1. The van der Waals surface area contributed by atoms with Crippen LogP contribution >= 0.6 is 23.4 Å². The normalized spacial score (nSPS) is 15.6. The first-order valence-electron chi connectivity index (χ1n) is 8.76. The Hall–Kier alpha value is -2.76. The van der Waals surface area contributed by atoms with Crippen LogP contribution < -0.4 is 9.64 Å². The summed E-state index contributed by atoms with van der Waals surface area (Å²) in [4.78, 5) is 26.9. The van der Waals surface area contributed by atoms with Gasteiger partial charge in [0.1, 0.15) is 5.75 Å². The minimum atomic E-state index is -0.352. The molecule has 28 heavy (non-hydrogen) atoms. The van der Waals surface area contributed by atoms with Crippen molar-refractivity contribution in [1.29, 1.82) is 0 Å². The van der Waals surface area contributed by atoms with Gasteiger partial charge < -0.3 is 4.74 Å². The highest BCUT2D eigenvalue weighted by molar-refractivity contribution is 8.19. The Morgan fingerprint density at radius 1 is 1.04 bits per heavy atom. The van der Waals surface area contributed by atoms with Crippen LogP contribution in [-0.2, 0) is 4.79 Å². The van der Waals surface area contributed by atoms with Crippen molar-refractivity contribution in [3.8, 4) is 5.75 Å². The van der Waals surface area contributed by atoms with Gasteiger partial charge in [-0.15, -0.1) is 0 Å². The molecule has 0 spiro atoms. The predicted molar refractivity (Wildman–Crippen MR) is 115 cm³/mol. The molecule has 0 bridgehead atoms. The molecule has 0 radical (unpaired) electrons. The number of carbonyl (C=O) groups is 2. The van der Waals surface area contributed by atoms with E-state index >= 15 is 0 Å². The number of rotatable bonds is 4. The maximum absolute atomic E-state index is 12.9. The number of amides is 2. The summed E-state index contributed by atoms with van der Waals surface area (Å²) in [5.41, 5.74) is 1.32. The zero-order valence-electron chi connectivity index (χ0n) is 15.0. The topological polar surface area (TPSA) is 46.6 Å².